The minimum atomic E-state index is -0.329. The summed E-state index contributed by atoms with van der Waals surface area (Å²) in [6.07, 6.45) is 1.44. The molecule has 0 radical (unpaired) electrons. The van der Waals surface area contributed by atoms with Gasteiger partial charge in [-0.05, 0) is 68.4 Å². The molecule has 0 aliphatic rings. The summed E-state index contributed by atoms with van der Waals surface area (Å²) in [6, 6.07) is 12.5. The quantitative estimate of drug-likeness (QED) is 0.324. The molecule has 0 aliphatic carbocycles. The maximum Gasteiger partial charge on any atom is 0.255 e. The molecule has 3 aromatic rings. The van der Waals surface area contributed by atoms with Gasteiger partial charge in [0.1, 0.15) is 12.4 Å². The van der Waals surface area contributed by atoms with E-state index in [1.807, 2.05) is 39.0 Å². The van der Waals surface area contributed by atoms with Crippen LogP contribution in [0.25, 0.3) is 0 Å². The van der Waals surface area contributed by atoms with E-state index in [-0.39, 0.29) is 29.9 Å². The van der Waals surface area contributed by atoms with Crippen LogP contribution < -0.4 is 15.8 Å². The van der Waals surface area contributed by atoms with Gasteiger partial charge in [0.15, 0.2) is 11.6 Å². The number of hydrogen-bond acceptors (Lipinski definition) is 7. The van der Waals surface area contributed by atoms with Crippen molar-refractivity contribution in [2.24, 2.45) is 0 Å². The third-order valence-corrected chi connectivity index (χ3v) is 6.27. The number of nitrogens with one attached hydrogen (secondary N) is 1. The second kappa shape index (κ2) is 13.0. The number of hydrogen-bond donors (Lipinski definition) is 3. The van der Waals surface area contributed by atoms with Crippen LogP contribution >= 0.6 is 0 Å². The Balaban J connectivity index is 1.64. The van der Waals surface area contributed by atoms with E-state index in [9.17, 15) is 14.3 Å². The van der Waals surface area contributed by atoms with Crippen LogP contribution in [0.1, 0.15) is 34.0 Å². The van der Waals surface area contributed by atoms with Gasteiger partial charge >= 0.3 is 0 Å². The lowest BCUT2D eigenvalue weighted by atomic mass is 10.1. The number of aromatic hydroxyl groups is 1. The van der Waals surface area contributed by atoms with Gasteiger partial charge < -0.3 is 25.8 Å². The van der Waals surface area contributed by atoms with Gasteiger partial charge in [-0.15, -0.1) is 0 Å². The Morgan fingerprint density at radius 3 is 2.57 bits per heavy atom. The maximum absolute atomic E-state index is 13.0. The van der Waals surface area contributed by atoms with Crippen LogP contribution in [0.15, 0.2) is 48.7 Å². The molecule has 0 bridgehead atoms. The topological polar surface area (TPSA) is 104 Å². The molecule has 0 spiro atoms. The van der Waals surface area contributed by atoms with E-state index in [2.05, 4.69) is 27.1 Å². The van der Waals surface area contributed by atoms with Crippen LogP contribution in [0.2, 0.25) is 0 Å². The normalized spacial score (nSPS) is 11.2. The molecule has 198 valence electrons. The molecule has 37 heavy (non-hydrogen) atoms. The zero-order valence-electron chi connectivity index (χ0n) is 21.9. The molecule has 0 saturated carbocycles. The summed E-state index contributed by atoms with van der Waals surface area (Å²) in [5, 5.41) is 13.0. The molecule has 0 saturated heterocycles. The summed E-state index contributed by atoms with van der Waals surface area (Å²) in [5.41, 5.74) is 9.78. The van der Waals surface area contributed by atoms with Crippen LogP contribution in [-0.2, 0) is 6.54 Å². The average molecular weight is 510 g/mol. The number of pyridine rings is 1. The van der Waals surface area contributed by atoms with E-state index in [0.717, 1.165) is 42.9 Å². The van der Waals surface area contributed by atoms with Gasteiger partial charge in [0.25, 0.3) is 5.91 Å². The van der Waals surface area contributed by atoms with Crippen LogP contribution in [0.3, 0.4) is 0 Å². The third-order valence-electron chi connectivity index (χ3n) is 6.27. The SMILES string of the molecule is CCN(CCF)CCN(C)Cc1ccc(NC(=O)c2ccc(C)c(Oc3ccnc(N)c3O)c2)cc1C. The van der Waals surface area contributed by atoms with Crippen molar-refractivity contribution < 1.29 is 19.0 Å². The lowest BCUT2D eigenvalue weighted by molar-refractivity contribution is 0.102. The number of benzene rings is 2. The first-order chi connectivity index (χ1) is 17.7. The largest absolute Gasteiger partial charge is 0.502 e. The van der Waals surface area contributed by atoms with Crippen LogP contribution in [0.4, 0.5) is 15.9 Å². The molecule has 2 aromatic carbocycles. The lowest BCUT2D eigenvalue weighted by Crippen LogP contribution is -2.34. The number of carbonyl (C=O) groups is 1. The molecule has 0 aliphatic heterocycles. The second-order valence-electron chi connectivity index (χ2n) is 9.08. The molecule has 1 amide bonds. The highest BCUT2D eigenvalue weighted by Gasteiger charge is 2.14. The molecule has 1 heterocycles. The van der Waals surface area contributed by atoms with Crippen molar-refractivity contribution in [1.82, 2.24) is 14.8 Å². The molecule has 1 aromatic heterocycles. The minimum absolute atomic E-state index is 0.0335. The first-order valence-corrected chi connectivity index (χ1v) is 12.3. The number of amides is 1. The molecule has 0 unspecified atom stereocenters. The standard InChI is InChI=1S/C28H36FN5O3/c1-5-34(13-11-29)15-14-33(4)18-22-8-9-23(16-20(22)3)32-28(36)21-7-6-19(2)25(17-21)37-24-10-12-31-27(30)26(24)35/h6-10,12,16-17,35H,5,11,13-15,18H2,1-4H3,(H2,30,31)(H,32,36). The lowest BCUT2D eigenvalue weighted by Gasteiger charge is -2.24. The summed E-state index contributed by atoms with van der Waals surface area (Å²) in [4.78, 5) is 21.1. The van der Waals surface area contributed by atoms with Gasteiger partial charge in [-0.25, -0.2) is 9.37 Å². The average Bonchev–Trinajstić information content (AvgIpc) is 2.87. The molecule has 3 rings (SSSR count). The summed E-state index contributed by atoms with van der Waals surface area (Å²) in [5.74, 6) is 0.0275. The fourth-order valence-electron chi connectivity index (χ4n) is 3.89. The zero-order chi connectivity index (χ0) is 26.9. The Morgan fingerprint density at radius 1 is 1.08 bits per heavy atom. The number of likely N-dealkylation sites (N-methyl/N-ethyl adjacent to an activating group) is 2. The number of anilines is 2. The Bertz CT molecular complexity index is 1220. The number of aryl methyl sites for hydroxylation is 2. The Hall–Kier alpha value is -3.69. The van der Waals surface area contributed by atoms with Gasteiger partial charge in [0.05, 0.1) is 0 Å². The number of aromatic nitrogens is 1. The summed E-state index contributed by atoms with van der Waals surface area (Å²) < 4.78 is 18.5. The molecule has 0 fully saturated rings. The first-order valence-electron chi connectivity index (χ1n) is 12.3. The second-order valence-corrected chi connectivity index (χ2v) is 9.08. The smallest absolute Gasteiger partial charge is 0.255 e. The number of nitrogens with two attached hydrogens (primary N) is 1. The Morgan fingerprint density at radius 2 is 1.86 bits per heavy atom. The van der Waals surface area contributed by atoms with Gasteiger partial charge in [-0.3, -0.25) is 9.69 Å². The number of nitrogen functional groups attached to an aromatic ring is 1. The highest BCUT2D eigenvalue weighted by molar-refractivity contribution is 6.04. The summed E-state index contributed by atoms with van der Waals surface area (Å²) in [7, 11) is 2.05. The van der Waals surface area contributed by atoms with Gasteiger partial charge in [-0.2, -0.15) is 0 Å². The Labute approximate surface area is 217 Å². The van der Waals surface area contributed by atoms with Gasteiger partial charge in [0.2, 0.25) is 5.75 Å². The van der Waals surface area contributed by atoms with Crippen molar-refractivity contribution >= 4 is 17.4 Å². The van der Waals surface area contributed by atoms with Crippen LogP contribution in [-0.4, -0.2) is 65.7 Å². The molecular weight excluding hydrogens is 473 g/mol. The first kappa shape index (κ1) is 27.9. The van der Waals surface area contributed by atoms with E-state index in [4.69, 9.17) is 10.5 Å². The maximum atomic E-state index is 13.0. The van der Waals surface area contributed by atoms with Crippen molar-refractivity contribution in [3.05, 3.63) is 70.9 Å². The predicted octanol–water partition coefficient (Wildman–Crippen LogP) is 4.75. The van der Waals surface area contributed by atoms with Crippen molar-refractivity contribution in [1.29, 1.82) is 0 Å². The number of nitrogens with zero attached hydrogens (tertiary/aromatic N) is 3. The number of rotatable bonds is 12. The molecule has 4 N–H and O–H groups in total. The van der Waals surface area contributed by atoms with Crippen LogP contribution in [0, 0.1) is 13.8 Å². The fraction of sp³-hybridized carbons (Fsp3) is 0.357. The summed E-state index contributed by atoms with van der Waals surface area (Å²) in [6.45, 7) is 9.30. The molecule has 0 atom stereocenters. The number of carbonyl (C=O) groups excluding carboxylic acids is 1. The van der Waals surface area contributed by atoms with Gasteiger partial charge in [-0.1, -0.05) is 19.1 Å². The minimum Gasteiger partial charge on any atom is -0.502 e. The van der Waals surface area contributed by atoms with E-state index in [0.29, 0.717) is 23.5 Å². The highest BCUT2D eigenvalue weighted by Crippen LogP contribution is 2.35. The third kappa shape index (κ3) is 7.65. The molecule has 8 nitrogen and oxygen atoms in total. The van der Waals surface area contributed by atoms with Gasteiger partial charge in [0, 0.05) is 49.7 Å². The van der Waals surface area contributed by atoms with E-state index >= 15 is 0 Å². The molecular formula is C28H36FN5O3. The number of alkyl halides is 1. The molecule has 9 heteroatoms. The van der Waals surface area contributed by atoms with E-state index < -0.39 is 0 Å². The predicted molar refractivity (Wildman–Crippen MR) is 145 cm³/mol. The van der Waals surface area contributed by atoms with E-state index in [1.54, 1.807) is 18.2 Å². The van der Waals surface area contributed by atoms with Crippen molar-refractivity contribution in [2.45, 2.75) is 27.3 Å². The highest BCUT2D eigenvalue weighted by atomic mass is 19.1. The monoisotopic (exact) mass is 509 g/mol. The Kier molecular flexibility index (Phi) is 9.82. The fourth-order valence-corrected chi connectivity index (χ4v) is 3.89. The number of ether oxygens (including phenoxy) is 1. The van der Waals surface area contributed by atoms with Crippen LogP contribution in [0.5, 0.6) is 17.2 Å². The van der Waals surface area contributed by atoms with Crippen molar-refractivity contribution in [3.8, 4) is 17.2 Å². The zero-order valence-corrected chi connectivity index (χ0v) is 21.9. The van der Waals surface area contributed by atoms with Crippen molar-refractivity contribution in [2.75, 3.05) is 51.0 Å². The van der Waals surface area contributed by atoms with Crippen molar-refractivity contribution in [3.63, 3.8) is 0 Å². The van der Waals surface area contributed by atoms with E-state index in [1.165, 1.54) is 12.3 Å². The summed E-state index contributed by atoms with van der Waals surface area (Å²) >= 11 is 0. The number of halogens is 1.